The number of carboxylic acids is 1. The molecule has 6 bridgehead atoms. The second kappa shape index (κ2) is 58.1. The number of aliphatic carboxylic acids is 1. The molecule has 9 rings (SSSR count). The summed E-state index contributed by atoms with van der Waals surface area (Å²) >= 11 is 0. The van der Waals surface area contributed by atoms with Gasteiger partial charge in [-0.25, -0.2) is 14.6 Å². The summed E-state index contributed by atoms with van der Waals surface area (Å²) in [4.78, 5) is 177. The zero-order valence-corrected chi connectivity index (χ0v) is 84.1. The lowest BCUT2D eigenvalue weighted by atomic mass is 9.74. The van der Waals surface area contributed by atoms with Gasteiger partial charge >= 0.3 is 25.2 Å². The monoisotopic (exact) mass is 1990 g/mol. The van der Waals surface area contributed by atoms with Gasteiger partial charge in [-0.15, -0.1) is 0 Å². The summed E-state index contributed by atoms with van der Waals surface area (Å²) in [7, 11) is 8.35. The van der Waals surface area contributed by atoms with Crippen molar-refractivity contribution in [2.75, 3.05) is 84.8 Å². The van der Waals surface area contributed by atoms with E-state index in [4.69, 9.17) is 47.2 Å². The number of hydrogen-bond acceptors (Lipinski definition) is 34. The van der Waals surface area contributed by atoms with Gasteiger partial charge in [0.15, 0.2) is 11.6 Å². The molecular weight excluding hydrogens is 1850 g/mol. The number of carbonyl (C=O) groups excluding carboxylic acids is 11. The number of benzene rings is 1. The van der Waals surface area contributed by atoms with Crippen LogP contribution in [0.25, 0.3) is 0 Å². The van der Waals surface area contributed by atoms with Crippen LogP contribution in [0.1, 0.15) is 194 Å². The van der Waals surface area contributed by atoms with Gasteiger partial charge in [-0.3, -0.25) is 52.9 Å². The Balaban J connectivity index is 0.832. The minimum Gasteiger partial charge on any atom is -0.481 e. The average Bonchev–Trinajstić information content (AvgIpc) is 1.76. The Hall–Kier alpha value is -7.56. The van der Waals surface area contributed by atoms with Gasteiger partial charge in [0.25, 0.3) is 17.6 Å². The Morgan fingerprint density at radius 2 is 1.50 bits per heavy atom. The Bertz CT molecular complexity index is 4390. The number of ether oxygens (including phenoxy) is 8. The van der Waals surface area contributed by atoms with Crippen molar-refractivity contribution in [1.82, 2.24) is 41.5 Å². The van der Waals surface area contributed by atoms with Crippen LogP contribution in [0.5, 0.6) is 0 Å². The minimum atomic E-state index is -2.52. The van der Waals surface area contributed by atoms with Gasteiger partial charge in [0.1, 0.15) is 67.3 Å². The Kier molecular flexibility index (Phi) is 48.7. The summed E-state index contributed by atoms with van der Waals surface area (Å²) in [5.74, 6) is -15.6. The largest absolute Gasteiger partial charge is 0.508 e. The normalized spacial score (nSPS) is 33.0. The summed E-state index contributed by atoms with van der Waals surface area (Å²) in [5.41, 5.74) is 2.22. The first-order valence-corrected chi connectivity index (χ1v) is 52.5. The standard InChI is InChI=1S/C96H143BN8O28S4/c1-55(2)38-81-97-130-51-80(133-97)86(113)85(112)75(108)50-101-82(109)32-27-58(5)89(115)103-70(74(107)44-66(93(119)120)52-135-136-53-67-47-100-71(49-99-67)91(117)102-69(90(116)104-81)42-64-24-18-15-19-25-64)48-98-54-137-134-37-36-129-95(122)128-35-34-127-76-31-29-65(43-79(76)125-12)41-60(7)78-46-73(106)59(6)40-62(9)84(111)87(126-13)83(110)61(8)39-56(3)22-16-14-17-23-57(4)77(124-11)45-68-30-28-63(10)96(123,132-68)88(114)92(118)105-33-21-20-26-72(105)94(121)131-78/h14-19,22-25,40,47,49,55-56,58-61,63,65-66,68-70,72,75-81,84-87,98,108,111-113,123H,20-21,26-39,41-46,48,50-54H2,1-13H3,(H,101,109)(H,102,117)(H,103,115)(H,104,116)(H,119,120)/b17-14+,22-16+,57-23+,62-40+/t56-,58+,59-,60-,61-,63-,65+,66+,68+,69+,70+,72+,75+,76-,77+,78+,79-,80-,81+,84-,85-,86-,87+,96-/m1/s1. The van der Waals surface area contributed by atoms with Crippen molar-refractivity contribution < 1.29 is 135 Å². The number of ketones is 4. The number of amides is 5. The third kappa shape index (κ3) is 36.1. The zero-order chi connectivity index (χ0) is 100. The lowest BCUT2D eigenvalue weighted by Gasteiger charge is -2.42. The highest BCUT2D eigenvalue weighted by molar-refractivity contribution is 8.76. The number of carboxylic acid groups (broad SMARTS) is 1. The van der Waals surface area contributed by atoms with Gasteiger partial charge in [-0.05, 0) is 131 Å². The molecule has 2 aromatic rings. The molecule has 1 saturated carbocycles. The number of aromatic nitrogens is 2. The fourth-order valence-electron chi connectivity index (χ4n) is 17.6. The molecule has 6 aliphatic heterocycles. The first-order chi connectivity index (χ1) is 65.3. The summed E-state index contributed by atoms with van der Waals surface area (Å²) in [6.45, 7) is 16.7. The molecule has 7 aliphatic rings. The minimum absolute atomic E-state index is 0.00537. The van der Waals surface area contributed by atoms with Gasteiger partial charge < -0.3 is 109 Å². The number of hydrogen-bond donors (Lipinski definition) is 11. The molecule has 3 saturated heterocycles. The molecule has 11 N–H and O–H groups in total. The van der Waals surface area contributed by atoms with Crippen molar-refractivity contribution in [2.45, 2.75) is 281 Å². The first-order valence-electron chi connectivity index (χ1n) is 47.5. The van der Waals surface area contributed by atoms with Crippen molar-refractivity contribution in [1.29, 1.82) is 0 Å². The zero-order valence-electron chi connectivity index (χ0n) is 80.9. The highest BCUT2D eigenvalue weighted by Gasteiger charge is 2.54. The van der Waals surface area contributed by atoms with E-state index in [0.29, 0.717) is 81.2 Å². The summed E-state index contributed by atoms with van der Waals surface area (Å²) in [5, 5.41) is 81.7. The first kappa shape index (κ1) is 115. The highest BCUT2D eigenvalue weighted by atomic mass is 33.1. The molecule has 1 aromatic heterocycles. The smallest absolute Gasteiger partial charge is 0.481 e. The molecule has 5 amide bonds. The summed E-state index contributed by atoms with van der Waals surface area (Å²) in [6, 6.07) is 5.36. The Labute approximate surface area is 819 Å². The van der Waals surface area contributed by atoms with Crippen LogP contribution in [0.3, 0.4) is 0 Å². The third-order valence-corrected chi connectivity index (χ3v) is 30.5. The maximum atomic E-state index is 14.8. The van der Waals surface area contributed by atoms with Crippen LogP contribution < -0.4 is 26.6 Å². The number of esters is 1. The number of aliphatic hydroxyl groups is 5. The topological polar surface area (TPSA) is 508 Å². The molecule has 0 spiro atoms. The number of fused-ring (bicyclic) bond motifs is 28. The van der Waals surface area contributed by atoms with Crippen LogP contribution in [-0.2, 0) is 107 Å². The van der Waals surface area contributed by atoms with Crippen molar-refractivity contribution in [2.24, 2.45) is 53.3 Å². The summed E-state index contributed by atoms with van der Waals surface area (Å²) < 4.78 is 59.1. The molecule has 137 heavy (non-hydrogen) atoms. The molecule has 0 unspecified atom stereocenters. The van der Waals surface area contributed by atoms with Crippen LogP contribution in [0.15, 0.2) is 90.3 Å². The van der Waals surface area contributed by atoms with E-state index in [0.717, 1.165) is 26.8 Å². The van der Waals surface area contributed by atoms with Crippen LogP contribution >= 0.6 is 43.2 Å². The van der Waals surface area contributed by atoms with Crippen molar-refractivity contribution in [3.05, 3.63) is 107 Å². The quantitative estimate of drug-likeness (QED) is 0.00963. The average molecular weight is 2000 g/mol. The fraction of sp³-hybridized carbons (Fsp3) is 0.688. The number of nitrogens with zero attached hydrogens (tertiary/aromatic N) is 3. The van der Waals surface area contributed by atoms with Gasteiger partial charge in [-0.1, -0.05) is 165 Å². The van der Waals surface area contributed by atoms with E-state index in [9.17, 15) is 88.2 Å². The second-order valence-corrected chi connectivity index (χ2v) is 42.3. The van der Waals surface area contributed by atoms with E-state index < -0.39 is 212 Å². The van der Waals surface area contributed by atoms with Crippen molar-refractivity contribution in [3.63, 3.8) is 0 Å². The lowest BCUT2D eigenvalue weighted by molar-refractivity contribution is -0.265. The Morgan fingerprint density at radius 1 is 0.745 bits per heavy atom. The number of allylic oxidation sites excluding steroid dienone is 6. The van der Waals surface area contributed by atoms with E-state index in [1.54, 1.807) is 72.3 Å². The van der Waals surface area contributed by atoms with Crippen LogP contribution in [0.4, 0.5) is 4.79 Å². The predicted octanol–water partition coefficient (Wildman–Crippen LogP) is 7.75. The number of carbonyl (C=O) groups is 12. The Morgan fingerprint density at radius 3 is 2.20 bits per heavy atom. The number of Topliss-reactive ketones (excluding diaryl/α,β-unsaturated/α-hetero) is 4. The third-order valence-electron chi connectivity index (χ3n) is 26.0. The summed E-state index contributed by atoms with van der Waals surface area (Å²) in [6.07, 6.45) is 4.61. The van der Waals surface area contributed by atoms with E-state index >= 15 is 0 Å². The molecule has 24 atom stereocenters. The van der Waals surface area contributed by atoms with Gasteiger partial charge in [0, 0.05) is 114 Å². The molecule has 7 heterocycles. The van der Waals surface area contributed by atoms with Gasteiger partial charge in [-0.2, -0.15) is 0 Å². The molecule has 0 radical (unpaired) electrons. The number of cyclic esters (lactones) is 1. The van der Waals surface area contributed by atoms with Crippen LogP contribution in [-0.4, -0.2) is 305 Å². The number of aliphatic hydroxyl groups excluding tert-OH is 4. The number of rotatable bonds is 23. The second-order valence-electron chi connectivity index (χ2n) is 37.3. The molecule has 1 aromatic carbocycles. The van der Waals surface area contributed by atoms with Crippen LogP contribution in [0.2, 0.25) is 0 Å². The molecular formula is C96H143BN8O28S4. The molecule has 36 nitrogen and oxygen atoms in total. The molecule has 41 heteroatoms. The maximum Gasteiger partial charge on any atom is 0.508 e. The predicted molar refractivity (Wildman–Crippen MR) is 516 cm³/mol. The number of piperidine rings is 1. The maximum absolute atomic E-state index is 14.8. The fourth-order valence-corrected chi connectivity index (χ4v) is 21.5. The van der Waals surface area contributed by atoms with E-state index in [1.807, 2.05) is 71.1 Å². The number of methoxy groups -OCH3 is 3. The molecule has 1 aliphatic carbocycles. The van der Waals surface area contributed by atoms with E-state index in [2.05, 4.69) is 36.6 Å². The molecule has 762 valence electrons. The molecule has 4 fully saturated rings. The van der Waals surface area contributed by atoms with Gasteiger partial charge in [0.2, 0.25) is 23.5 Å². The SMILES string of the molecule is CO[C@H]1C[C@@H]2CC[C@@H](C)[C@@](O)(O2)C(=O)C(=O)N2CCCC[C@H]2C(=O)O[C@H]([C@H](C)C[C@@H]2CC[C@@H](OCCOC(=O)OCCSSCNC[C@@H]3NC(=O)[C@@H](C)CCC(=O)NC[C@H](O)[C@@H](O)[C@H](O)[C@H]4COB(O4)[C@H](CC(C)C)NC(=O)[C@H](Cc4ccccc4)NC(=O)c4cnc(cn4)CSSC[C@@H](C(=O)O)CC3=O)[C@H](OC)C2)CC(=O)[C@H](C)/C=C(\C)[C@@H](O)[C@@H](OC)C(=O)[C@H](C)C[C@H](C)/C=C/C=C/C=C/1C. The van der Waals surface area contributed by atoms with E-state index in [1.165, 1.54) is 58.8 Å². The van der Waals surface area contributed by atoms with Crippen LogP contribution in [0, 0.1) is 53.3 Å². The highest BCUT2D eigenvalue weighted by Crippen LogP contribution is 2.40. The van der Waals surface area contributed by atoms with Crippen molar-refractivity contribution >= 4 is 121 Å². The lowest BCUT2D eigenvalue weighted by Crippen LogP contribution is -2.61. The van der Waals surface area contributed by atoms with E-state index in [-0.39, 0.29) is 130 Å². The van der Waals surface area contributed by atoms with Crippen molar-refractivity contribution in [3.8, 4) is 0 Å². The van der Waals surface area contributed by atoms with Gasteiger partial charge in [0.05, 0.1) is 91.7 Å². The number of nitrogens with one attached hydrogen (secondary N) is 5.